The maximum atomic E-state index is 11.7. The largest absolute Gasteiger partial charge is 0.376 e. The Morgan fingerprint density at radius 1 is 1.19 bits per heavy atom. The second-order valence-corrected chi connectivity index (χ2v) is 4.97. The number of anilines is 1. The van der Waals surface area contributed by atoms with Crippen molar-refractivity contribution in [3.8, 4) is 0 Å². The van der Waals surface area contributed by atoms with E-state index in [1.54, 1.807) is 0 Å². The quantitative estimate of drug-likeness (QED) is 0.676. The van der Waals surface area contributed by atoms with E-state index in [0.29, 0.717) is 6.54 Å². The van der Waals surface area contributed by atoms with E-state index in [9.17, 15) is 9.59 Å². The summed E-state index contributed by atoms with van der Waals surface area (Å²) in [5.74, 6) is -0.339. The topological polar surface area (TPSA) is 70.2 Å². The summed E-state index contributed by atoms with van der Waals surface area (Å²) in [6.45, 7) is 6.78. The van der Waals surface area contributed by atoms with Gasteiger partial charge in [0, 0.05) is 12.2 Å². The predicted octanol–water partition coefficient (Wildman–Crippen LogP) is 2.60. The van der Waals surface area contributed by atoms with E-state index < -0.39 is 6.03 Å². The number of unbranched alkanes of at least 4 members (excludes halogenated alkanes) is 1. The lowest BCUT2D eigenvalue weighted by Gasteiger charge is -2.13. The monoisotopic (exact) mass is 291 g/mol. The van der Waals surface area contributed by atoms with Crippen LogP contribution in [0.25, 0.3) is 0 Å². The summed E-state index contributed by atoms with van der Waals surface area (Å²) in [7, 11) is 0. The van der Waals surface area contributed by atoms with Crippen molar-refractivity contribution < 1.29 is 9.59 Å². The molecular weight excluding hydrogens is 266 g/mol. The zero-order chi connectivity index (χ0) is 15.7. The van der Waals surface area contributed by atoms with Crippen molar-refractivity contribution in [2.45, 2.75) is 40.0 Å². The maximum absolute atomic E-state index is 11.7. The number of imide groups is 1. The molecule has 1 aromatic carbocycles. The molecule has 0 atom stereocenters. The fourth-order valence-corrected chi connectivity index (χ4v) is 2.04. The van der Waals surface area contributed by atoms with Crippen LogP contribution < -0.4 is 16.0 Å². The number of carbonyl (C=O) groups excluding carboxylic acids is 2. The lowest BCUT2D eigenvalue weighted by molar-refractivity contribution is -0.118. The summed E-state index contributed by atoms with van der Waals surface area (Å²) in [4.78, 5) is 23.2. The van der Waals surface area contributed by atoms with Crippen LogP contribution in [-0.4, -0.2) is 25.0 Å². The Labute approximate surface area is 126 Å². The number of para-hydroxylation sites is 1. The molecule has 5 heteroatoms. The van der Waals surface area contributed by atoms with Gasteiger partial charge in [-0.15, -0.1) is 0 Å². The Morgan fingerprint density at radius 3 is 2.62 bits per heavy atom. The molecule has 0 radical (unpaired) electrons. The summed E-state index contributed by atoms with van der Waals surface area (Å²) in [6, 6.07) is 5.60. The van der Waals surface area contributed by atoms with Gasteiger partial charge in [0.2, 0.25) is 5.91 Å². The highest BCUT2D eigenvalue weighted by atomic mass is 16.2. The van der Waals surface area contributed by atoms with Crippen LogP contribution in [0.1, 0.15) is 37.8 Å². The molecule has 0 heterocycles. The van der Waals surface area contributed by atoms with E-state index in [2.05, 4.69) is 22.9 Å². The molecule has 1 rings (SSSR count). The molecule has 0 aliphatic carbocycles. The van der Waals surface area contributed by atoms with Gasteiger partial charge in [-0.05, 0) is 30.9 Å². The molecule has 0 aromatic heterocycles. The van der Waals surface area contributed by atoms with Crippen molar-refractivity contribution >= 4 is 17.6 Å². The number of amides is 3. The molecule has 0 unspecified atom stereocenters. The molecule has 0 bridgehead atoms. The first-order chi connectivity index (χ1) is 10.1. The predicted molar refractivity (Wildman–Crippen MR) is 85.5 cm³/mol. The number of benzene rings is 1. The van der Waals surface area contributed by atoms with E-state index in [4.69, 9.17) is 0 Å². The molecule has 21 heavy (non-hydrogen) atoms. The lowest BCUT2D eigenvalue weighted by Crippen LogP contribution is -2.42. The second kappa shape index (κ2) is 9.00. The number of rotatable bonds is 7. The van der Waals surface area contributed by atoms with Crippen molar-refractivity contribution in [3.63, 3.8) is 0 Å². The van der Waals surface area contributed by atoms with Gasteiger partial charge in [0.15, 0.2) is 0 Å². The van der Waals surface area contributed by atoms with Crippen molar-refractivity contribution in [2.24, 2.45) is 0 Å². The highest BCUT2D eigenvalue weighted by Gasteiger charge is 2.09. The van der Waals surface area contributed by atoms with E-state index in [-0.39, 0.29) is 12.5 Å². The molecule has 1 aromatic rings. The molecule has 0 aliphatic heterocycles. The zero-order valence-electron chi connectivity index (χ0n) is 13.1. The number of hydrogen-bond donors (Lipinski definition) is 3. The summed E-state index contributed by atoms with van der Waals surface area (Å²) in [5, 5.41) is 8.08. The summed E-state index contributed by atoms with van der Waals surface area (Å²) >= 11 is 0. The third-order valence-corrected chi connectivity index (χ3v) is 3.23. The number of hydrogen-bond acceptors (Lipinski definition) is 3. The fourth-order valence-electron chi connectivity index (χ4n) is 2.04. The summed E-state index contributed by atoms with van der Waals surface area (Å²) in [6.07, 6.45) is 2.80. The molecule has 3 N–H and O–H groups in total. The van der Waals surface area contributed by atoms with Gasteiger partial charge >= 0.3 is 6.03 Å². The number of aryl methyl sites for hydroxylation is 2. The first-order valence-corrected chi connectivity index (χ1v) is 7.48. The van der Waals surface area contributed by atoms with Gasteiger partial charge < -0.3 is 10.6 Å². The SMILES string of the molecule is CCCCNC(=O)NC(=O)CNc1c(C)cccc1CC. The highest BCUT2D eigenvalue weighted by Crippen LogP contribution is 2.20. The van der Waals surface area contributed by atoms with Crippen molar-refractivity contribution in [2.75, 3.05) is 18.4 Å². The first kappa shape index (κ1) is 17.0. The van der Waals surface area contributed by atoms with Crippen LogP contribution in [0.2, 0.25) is 0 Å². The smallest absolute Gasteiger partial charge is 0.321 e. The Bertz CT molecular complexity index is 486. The average Bonchev–Trinajstić information content (AvgIpc) is 2.46. The third-order valence-electron chi connectivity index (χ3n) is 3.23. The van der Waals surface area contributed by atoms with E-state index in [1.807, 2.05) is 32.0 Å². The normalized spacial score (nSPS) is 10.0. The minimum Gasteiger partial charge on any atom is -0.376 e. The molecule has 0 saturated heterocycles. The molecular formula is C16H25N3O2. The van der Waals surface area contributed by atoms with Crippen LogP contribution in [0, 0.1) is 6.92 Å². The molecule has 5 nitrogen and oxygen atoms in total. The van der Waals surface area contributed by atoms with Gasteiger partial charge in [0.1, 0.15) is 0 Å². The number of nitrogens with one attached hydrogen (secondary N) is 3. The van der Waals surface area contributed by atoms with Crippen molar-refractivity contribution in [3.05, 3.63) is 29.3 Å². The maximum Gasteiger partial charge on any atom is 0.321 e. The van der Waals surface area contributed by atoms with Crippen molar-refractivity contribution in [1.82, 2.24) is 10.6 Å². The standard InChI is InChI=1S/C16H25N3O2/c1-4-6-10-17-16(21)19-14(20)11-18-15-12(3)8-7-9-13(15)5-2/h7-9,18H,4-6,10-11H2,1-3H3,(H2,17,19,20,21). The zero-order valence-corrected chi connectivity index (χ0v) is 13.1. The van der Waals surface area contributed by atoms with Gasteiger partial charge in [0.25, 0.3) is 0 Å². The van der Waals surface area contributed by atoms with E-state index in [0.717, 1.165) is 36.1 Å². The van der Waals surface area contributed by atoms with E-state index >= 15 is 0 Å². The van der Waals surface area contributed by atoms with Gasteiger partial charge in [-0.25, -0.2) is 4.79 Å². The van der Waals surface area contributed by atoms with Gasteiger partial charge in [-0.1, -0.05) is 38.5 Å². The summed E-state index contributed by atoms with van der Waals surface area (Å²) in [5.41, 5.74) is 3.23. The first-order valence-electron chi connectivity index (χ1n) is 7.48. The molecule has 0 aliphatic rings. The Morgan fingerprint density at radius 2 is 1.95 bits per heavy atom. The average molecular weight is 291 g/mol. The number of carbonyl (C=O) groups is 2. The van der Waals surface area contributed by atoms with Gasteiger partial charge in [-0.2, -0.15) is 0 Å². The molecule has 0 saturated carbocycles. The minimum absolute atomic E-state index is 0.0824. The number of urea groups is 1. The van der Waals surface area contributed by atoms with Gasteiger partial charge in [-0.3, -0.25) is 10.1 Å². The minimum atomic E-state index is -0.434. The van der Waals surface area contributed by atoms with Crippen LogP contribution in [0.15, 0.2) is 18.2 Å². The van der Waals surface area contributed by atoms with Crippen molar-refractivity contribution in [1.29, 1.82) is 0 Å². The molecule has 0 spiro atoms. The van der Waals surface area contributed by atoms with Gasteiger partial charge in [0.05, 0.1) is 6.54 Å². The third kappa shape index (κ3) is 5.85. The molecule has 3 amide bonds. The fraction of sp³-hybridized carbons (Fsp3) is 0.500. The second-order valence-electron chi connectivity index (χ2n) is 4.97. The molecule has 116 valence electrons. The highest BCUT2D eigenvalue weighted by molar-refractivity contribution is 5.96. The van der Waals surface area contributed by atoms with E-state index in [1.165, 1.54) is 0 Å². The lowest BCUT2D eigenvalue weighted by atomic mass is 10.1. The Balaban J connectivity index is 2.45. The summed E-state index contributed by atoms with van der Waals surface area (Å²) < 4.78 is 0. The van der Waals surface area contributed by atoms with Crippen LogP contribution in [0.3, 0.4) is 0 Å². The van der Waals surface area contributed by atoms with Crippen LogP contribution in [0.5, 0.6) is 0 Å². The Hall–Kier alpha value is -2.04. The van der Waals surface area contributed by atoms with Crippen LogP contribution >= 0.6 is 0 Å². The Kier molecular flexibility index (Phi) is 7.29. The van der Waals surface area contributed by atoms with Crippen LogP contribution in [-0.2, 0) is 11.2 Å². The molecule has 0 fully saturated rings. The van der Waals surface area contributed by atoms with Crippen LogP contribution in [0.4, 0.5) is 10.5 Å².